The van der Waals surface area contributed by atoms with Crippen molar-refractivity contribution in [3.05, 3.63) is 12.7 Å². The van der Waals surface area contributed by atoms with Gasteiger partial charge in [0.15, 0.2) is 0 Å². The van der Waals surface area contributed by atoms with E-state index in [2.05, 4.69) is 6.58 Å². The summed E-state index contributed by atoms with van der Waals surface area (Å²) in [5, 5.41) is 19.4. The van der Waals surface area contributed by atoms with E-state index in [-0.39, 0.29) is 11.8 Å². The Morgan fingerprint density at radius 3 is 2.23 bits per heavy atom. The molecule has 0 spiro atoms. The molecule has 2 N–H and O–H groups in total. The topological polar surface area (TPSA) is 40.5 Å². The fourth-order valence-electron chi connectivity index (χ4n) is 1.37. The highest BCUT2D eigenvalue weighted by atomic mass is 16.3. The highest BCUT2D eigenvalue weighted by Gasteiger charge is 2.24. The fraction of sp³-hybridized carbons (Fsp3) is 0.818. The summed E-state index contributed by atoms with van der Waals surface area (Å²) in [7, 11) is 0. The van der Waals surface area contributed by atoms with Crippen molar-refractivity contribution in [2.45, 2.75) is 45.8 Å². The Balaban J connectivity index is 4.06. The molecule has 0 unspecified atom stereocenters. The first-order valence-electron chi connectivity index (χ1n) is 5.01. The van der Waals surface area contributed by atoms with Gasteiger partial charge in [-0.15, -0.1) is 6.58 Å². The maximum absolute atomic E-state index is 9.79. The van der Waals surface area contributed by atoms with E-state index in [0.29, 0.717) is 6.42 Å². The van der Waals surface area contributed by atoms with E-state index in [1.165, 1.54) is 0 Å². The Kier molecular flexibility index (Phi) is 6.00. The van der Waals surface area contributed by atoms with Gasteiger partial charge in [0.25, 0.3) is 0 Å². The van der Waals surface area contributed by atoms with Crippen LogP contribution in [0.4, 0.5) is 0 Å². The van der Waals surface area contributed by atoms with Crippen LogP contribution in [0.5, 0.6) is 0 Å². The summed E-state index contributed by atoms with van der Waals surface area (Å²) in [6, 6.07) is 0. The van der Waals surface area contributed by atoms with E-state index in [1.807, 2.05) is 20.8 Å². The van der Waals surface area contributed by atoms with Gasteiger partial charge in [0.1, 0.15) is 0 Å². The highest BCUT2D eigenvalue weighted by Crippen LogP contribution is 2.20. The zero-order chi connectivity index (χ0) is 10.4. The van der Waals surface area contributed by atoms with Crippen LogP contribution in [-0.4, -0.2) is 22.4 Å². The summed E-state index contributed by atoms with van der Waals surface area (Å²) >= 11 is 0. The van der Waals surface area contributed by atoms with Gasteiger partial charge in [-0.1, -0.05) is 33.3 Å². The SMILES string of the molecule is C=CC[C@@H](O)[C@H](C)[C@@H](O)[C@@H](C)CC. The van der Waals surface area contributed by atoms with Gasteiger partial charge in [0.2, 0.25) is 0 Å². The number of hydrogen-bond donors (Lipinski definition) is 2. The van der Waals surface area contributed by atoms with Gasteiger partial charge in [-0.05, 0) is 12.3 Å². The third kappa shape index (κ3) is 3.92. The third-order valence-electron chi connectivity index (χ3n) is 2.78. The molecule has 0 aromatic carbocycles. The molecule has 0 radical (unpaired) electrons. The summed E-state index contributed by atoms with van der Waals surface area (Å²) in [5.41, 5.74) is 0. The Hall–Kier alpha value is -0.340. The summed E-state index contributed by atoms with van der Waals surface area (Å²) in [6.45, 7) is 9.49. The van der Waals surface area contributed by atoms with E-state index in [0.717, 1.165) is 6.42 Å². The second-order valence-electron chi connectivity index (χ2n) is 3.83. The lowest BCUT2D eigenvalue weighted by Crippen LogP contribution is -2.33. The van der Waals surface area contributed by atoms with Gasteiger partial charge < -0.3 is 10.2 Å². The zero-order valence-corrected chi connectivity index (χ0v) is 8.90. The molecular weight excluding hydrogens is 164 g/mol. The number of aliphatic hydroxyl groups excluding tert-OH is 2. The molecule has 2 nitrogen and oxygen atoms in total. The summed E-state index contributed by atoms with van der Waals surface area (Å²) in [6.07, 6.45) is 2.28. The van der Waals surface area contributed by atoms with E-state index >= 15 is 0 Å². The minimum absolute atomic E-state index is 0.0760. The van der Waals surface area contributed by atoms with Crippen molar-refractivity contribution in [2.75, 3.05) is 0 Å². The normalized spacial score (nSPS) is 20.4. The molecule has 4 atom stereocenters. The molecule has 0 aromatic heterocycles. The minimum Gasteiger partial charge on any atom is -0.392 e. The molecular formula is C11H22O2. The van der Waals surface area contributed by atoms with Crippen molar-refractivity contribution in [2.24, 2.45) is 11.8 Å². The molecule has 0 aliphatic carbocycles. The number of rotatable bonds is 6. The first-order chi connectivity index (χ1) is 6.04. The van der Waals surface area contributed by atoms with Crippen LogP contribution in [0, 0.1) is 11.8 Å². The minimum atomic E-state index is -0.471. The monoisotopic (exact) mass is 186 g/mol. The molecule has 0 amide bonds. The van der Waals surface area contributed by atoms with E-state index in [9.17, 15) is 10.2 Å². The van der Waals surface area contributed by atoms with Crippen LogP contribution in [0.2, 0.25) is 0 Å². The van der Waals surface area contributed by atoms with Crippen molar-refractivity contribution >= 4 is 0 Å². The first-order valence-corrected chi connectivity index (χ1v) is 5.01. The fourth-order valence-corrected chi connectivity index (χ4v) is 1.37. The molecule has 13 heavy (non-hydrogen) atoms. The second-order valence-corrected chi connectivity index (χ2v) is 3.83. The molecule has 0 saturated heterocycles. The van der Waals surface area contributed by atoms with Gasteiger partial charge in [-0.25, -0.2) is 0 Å². The summed E-state index contributed by atoms with van der Waals surface area (Å²) in [5.74, 6) is 0.169. The van der Waals surface area contributed by atoms with Gasteiger partial charge in [0, 0.05) is 5.92 Å². The largest absolute Gasteiger partial charge is 0.392 e. The van der Waals surface area contributed by atoms with E-state index < -0.39 is 12.2 Å². The van der Waals surface area contributed by atoms with Crippen molar-refractivity contribution in [1.82, 2.24) is 0 Å². The van der Waals surface area contributed by atoms with Crippen LogP contribution < -0.4 is 0 Å². The maximum Gasteiger partial charge on any atom is 0.0624 e. The van der Waals surface area contributed by atoms with Crippen molar-refractivity contribution < 1.29 is 10.2 Å². The Bertz CT molecular complexity index is 145. The highest BCUT2D eigenvalue weighted by molar-refractivity contribution is 4.81. The smallest absolute Gasteiger partial charge is 0.0624 e. The average Bonchev–Trinajstić information content (AvgIpc) is 2.14. The molecule has 0 bridgehead atoms. The van der Waals surface area contributed by atoms with E-state index in [4.69, 9.17) is 0 Å². The second kappa shape index (κ2) is 6.17. The van der Waals surface area contributed by atoms with Gasteiger partial charge in [-0.3, -0.25) is 0 Å². The Morgan fingerprint density at radius 2 is 1.85 bits per heavy atom. The lowest BCUT2D eigenvalue weighted by Gasteiger charge is -2.27. The van der Waals surface area contributed by atoms with Crippen LogP contribution >= 0.6 is 0 Å². The first kappa shape index (κ1) is 12.7. The third-order valence-corrected chi connectivity index (χ3v) is 2.78. The number of aliphatic hydroxyl groups is 2. The molecule has 0 aliphatic rings. The lowest BCUT2D eigenvalue weighted by molar-refractivity contribution is -0.00545. The van der Waals surface area contributed by atoms with Crippen molar-refractivity contribution in [3.63, 3.8) is 0 Å². The van der Waals surface area contributed by atoms with Crippen LogP contribution in [-0.2, 0) is 0 Å². The molecule has 0 rings (SSSR count). The zero-order valence-electron chi connectivity index (χ0n) is 8.90. The molecule has 78 valence electrons. The molecule has 0 heterocycles. The van der Waals surface area contributed by atoms with Crippen LogP contribution in [0.3, 0.4) is 0 Å². The predicted octanol–water partition coefficient (Wildman–Crippen LogP) is 1.97. The van der Waals surface area contributed by atoms with Gasteiger partial charge in [0.05, 0.1) is 12.2 Å². The summed E-state index contributed by atoms with van der Waals surface area (Å²) < 4.78 is 0. The molecule has 0 saturated carbocycles. The van der Waals surface area contributed by atoms with Crippen molar-refractivity contribution in [3.8, 4) is 0 Å². The van der Waals surface area contributed by atoms with Gasteiger partial charge in [-0.2, -0.15) is 0 Å². The summed E-state index contributed by atoms with van der Waals surface area (Å²) in [4.78, 5) is 0. The molecule has 2 heteroatoms. The number of hydrogen-bond acceptors (Lipinski definition) is 2. The Morgan fingerprint density at radius 1 is 1.31 bits per heavy atom. The quantitative estimate of drug-likeness (QED) is 0.623. The average molecular weight is 186 g/mol. The van der Waals surface area contributed by atoms with Crippen LogP contribution in [0.15, 0.2) is 12.7 Å². The van der Waals surface area contributed by atoms with Crippen LogP contribution in [0.25, 0.3) is 0 Å². The molecule has 0 fully saturated rings. The van der Waals surface area contributed by atoms with Crippen LogP contribution in [0.1, 0.15) is 33.6 Å². The predicted molar refractivity (Wildman–Crippen MR) is 55.4 cm³/mol. The molecule has 0 aliphatic heterocycles. The lowest BCUT2D eigenvalue weighted by atomic mass is 9.87. The van der Waals surface area contributed by atoms with Crippen molar-refractivity contribution in [1.29, 1.82) is 0 Å². The van der Waals surface area contributed by atoms with Gasteiger partial charge >= 0.3 is 0 Å². The Labute approximate surface area is 81.3 Å². The standard InChI is InChI=1S/C11H22O2/c1-5-7-10(12)9(4)11(13)8(3)6-2/h5,8-13H,1,6-7H2,2-4H3/t8-,9-,10+,11-/m0/s1. The van der Waals surface area contributed by atoms with E-state index in [1.54, 1.807) is 6.08 Å². The maximum atomic E-state index is 9.79. The molecule has 0 aromatic rings.